The van der Waals surface area contributed by atoms with Crippen LogP contribution in [0.5, 0.6) is 0 Å². The molecule has 0 aromatic heterocycles. The first-order valence-corrected chi connectivity index (χ1v) is 8.56. The third kappa shape index (κ3) is 5.68. The lowest BCUT2D eigenvalue weighted by Gasteiger charge is -2.19. The zero-order valence-electron chi connectivity index (χ0n) is 11.5. The van der Waals surface area contributed by atoms with Gasteiger partial charge in [-0.15, -0.1) is 0 Å². The molecule has 0 fully saturated rings. The van der Waals surface area contributed by atoms with Crippen LogP contribution in [-0.2, 0) is 0 Å². The average molecular weight is 284 g/mol. The zero-order chi connectivity index (χ0) is 13.2. The third-order valence-electron chi connectivity index (χ3n) is 3.26. The number of nitrogens with zero attached hydrogens (tertiary/aromatic N) is 1. The Morgan fingerprint density at radius 3 is 2.39 bits per heavy atom. The second kappa shape index (κ2) is 9.76. The zero-order valence-corrected chi connectivity index (χ0v) is 13.2. The van der Waals surface area contributed by atoms with E-state index in [2.05, 4.69) is 61.7 Å². The van der Waals surface area contributed by atoms with Crippen molar-refractivity contribution in [3.05, 3.63) is 35.9 Å². The van der Waals surface area contributed by atoms with Crippen LogP contribution in [0.4, 0.5) is 0 Å². The lowest BCUT2D eigenvalue weighted by molar-refractivity contribution is 0.324. The molecule has 0 bridgehead atoms. The molecule has 0 saturated carbocycles. The van der Waals surface area contributed by atoms with Crippen LogP contribution < -0.4 is 0 Å². The van der Waals surface area contributed by atoms with E-state index in [1.54, 1.807) is 0 Å². The van der Waals surface area contributed by atoms with Crippen LogP contribution in [0.2, 0.25) is 0 Å². The first kappa shape index (κ1) is 15.9. The number of rotatable bonds is 9. The van der Waals surface area contributed by atoms with Crippen LogP contribution in [0, 0.1) is 0 Å². The Morgan fingerprint density at radius 2 is 1.83 bits per heavy atom. The van der Waals surface area contributed by atoms with Gasteiger partial charge in [-0.2, -0.15) is 24.4 Å². The summed E-state index contributed by atoms with van der Waals surface area (Å²) >= 11 is 6.53. The van der Waals surface area contributed by atoms with E-state index in [0.29, 0.717) is 5.92 Å². The van der Waals surface area contributed by atoms with Crippen molar-refractivity contribution in [3.63, 3.8) is 0 Å². The summed E-state index contributed by atoms with van der Waals surface area (Å²) in [5, 5.41) is 0. The van der Waals surface area contributed by atoms with Crippen LogP contribution in [0.1, 0.15) is 25.3 Å². The van der Waals surface area contributed by atoms with Crippen LogP contribution in [0.25, 0.3) is 0 Å². The van der Waals surface area contributed by atoms with E-state index in [4.69, 9.17) is 0 Å². The molecule has 0 amide bonds. The van der Waals surface area contributed by atoms with Gasteiger partial charge in [-0.1, -0.05) is 44.2 Å². The minimum atomic E-state index is 0.580. The Morgan fingerprint density at radius 1 is 1.17 bits per heavy atom. The van der Waals surface area contributed by atoms with Crippen molar-refractivity contribution >= 4 is 24.4 Å². The molecular formula is C15H25NS2. The van der Waals surface area contributed by atoms with Crippen molar-refractivity contribution in [1.29, 1.82) is 0 Å². The molecule has 0 saturated heterocycles. The highest BCUT2D eigenvalue weighted by Crippen LogP contribution is 2.21. The first-order chi connectivity index (χ1) is 8.81. The molecule has 0 aliphatic rings. The van der Waals surface area contributed by atoms with Crippen molar-refractivity contribution in [3.8, 4) is 0 Å². The summed E-state index contributed by atoms with van der Waals surface area (Å²) in [5.74, 6) is 3.91. The smallest absolute Gasteiger partial charge is 0.00721 e. The summed E-state index contributed by atoms with van der Waals surface area (Å²) in [5.41, 5.74) is 1.42. The molecule has 1 atom stereocenters. The van der Waals surface area contributed by atoms with E-state index >= 15 is 0 Å². The van der Waals surface area contributed by atoms with E-state index in [1.165, 1.54) is 23.6 Å². The van der Waals surface area contributed by atoms with Crippen LogP contribution in [0.3, 0.4) is 0 Å². The third-order valence-corrected chi connectivity index (χ3v) is 4.81. The highest BCUT2D eigenvalue weighted by atomic mass is 32.2. The Balaban J connectivity index is 2.28. The van der Waals surface area contributed by atoms with Gasteiger partial charge in [0.05, 0.1) is 0 Å². The summed E-state index contributed by atoms with van der Waals surface area (Å²) in [4.78, 5) is 2.48. The van der Waals surface area contributed by atoms with Gasteiger partial charge in [-0.05, 0) is 24.4 Å². The predicted molar refractivity (Wildman–Crippen MR) is 88.1 cm³/mol. The van der Waals surface area contributed by atoms with Crippen LogP contribution >= 0.6 is 24.4 Å². The van der Waals surface area contributed by atoms with E-state index in [-0.39, 0.29) is 0 Å². The summed E-state index contributed by atoms with van der Waals surface area (Å²) in [7, 11) is 0. The molecule has 0 aliphatic carbocycles. The van der Waals surface area contributed by atoms with E-state index < -0.39 is 0 Å². The lowest BCUT2D eigenvalue weighted by atomic mass is 10.0. The minimum absolute atomic E-state index is 0.580. The van der Waals surface area contributed by atoms with Crippen molar-refractivity contribution < 1.29 is 0 Å². The van der Waals surface area contributed by atoms with E-state index in [9.17, 15) is 0 Å². The molecule has 1 unspecified atom stereocenters. The van der Waals surface area contributed by atoms with E-state index in [1.807, 2.05) is 11.8 Å². The van der Waals surface area contributed by atoms with E-state index in [0.717, 1.165) is 18.8 Å². The van der Waals surface area contributed by atoms with Crippen molar-refractivity contribution in [2.75, 3.05) is 36.9 Å². The average Bonchev–Trinajstić information content (AvgIpc) is 2.44. The molecule has 1 nitrogen and oxygen atoms in total. The monoisotopic (exact) mass is 283 g/mol. The second-order valence-corrected chi connectivity index (χ2v) is 5.91. The maximum Gasteiger partial charge on any atom is 0.00721 e. The highest BCUT2D eigenvalue weighted by Gasteiger charge is 2.09. The molecule has 1 aromatic carbocycles. The molecule has 3 heteroatoms. The van der Waals surface area contributed by atoms with Crippen molar-refractivity contribution in [1.82, 2.24) is 4.90 Å². The number of hydrogen-bond acceptors (Lipinski definition) is 3. The molecule has 0 spiro atoms. The number of thioether (sulfide) groups is 1. The van der Waals surface area contributed by atoms with Crippen LogP contribution in [0.15, 0.2) is 30.3 Å². The SMILES string of the molecule is CCN(CC)CCSCC(CS)c1ccccc1. The molecule has 1 aromatic rings. The van der Waals surface area contributed by atoms with Gasteiger partial charge in [0.25, 0.3) is 0 Å². The lowest BCUT2D eigenvalue weighted by Crippen LogP contribution is -2.25. The normalized spacial score (nSPS) is 12.9. The predicted octanol–water partition coefficient (Wildman–Crippen LogP) is 3.78. The van der Waals surface area contributed by atoms with Gasteiger partial charge < -0.3 is 4.90 Å². The fraction of sp³-hybridized carbons (Fsp3) is 0.600. The van der Waals surface area contributed by atoms with Gasteiger partial charge in [0.15, 0.2) is 0 Å². The van der Waals surface area contributed by atoms with Gasteiger partial charge in [0.1, 0.15) is 0 Å². The Kier molecular flexibility index (Phi) is 8.64. The Bertz CT molecular complexity index is 299. The maximum absolute atomic E-state index is 4.48. The van der Waals surface area contributed by atoms with Gasteiger partial charge in [-0.25, -0.2) is 0 Å². The van der Waals surface area contributed by atoms with Crippen LogP contribution in [-0.4, -0.2) is 41.8 Å². The Hall–Kier alpha value is -0.120. The molecule has 18 heavy (non-hydrogen) atoms. The number of hydrogen-bond donors (Lipinski definition) is 1. The topological polar surface area (TPSA) is 3.24 Å². The molecular weight excluding hydrogens is 258 g/mol. The quantitative estimate of drug-likeness (QED) is 0.543. The summed E-state index contributed by atoms with van der Waals surface area (Å²) in [6.45, 7) is 7.98. The van der Waals surface area contributed by atoms with Gasteiger partial charge in [0.2, 0.25) is 0 Å². The van der Waals surface area contributed by atoms with Gasteiger partial charge in [0, 0.05) is 24.0 Å². The summed E-state index contributed by atoms with van der Waals surface area (Å²) in [6.07, 6.45) is 0. The minimum Gasteiger partial charge on any atom is -0.303 e. The maximum atomic E-state index is 4.48. The van der Waals surface area contributed by atoms with Crippen molar-refractivity contribution in [2.45, 2.75) is 19.8 Å². The fourth-order valence-electron chi connectivity index (χ4n) is 1.94. The fourth-order valence-corrected chi connectivity index (χ4v) is 3.60. The van der Waals surface area contributed by atoms with Gasteiger partial charge in [-0.3, -0.25) is 0 Å². The number of benzene rings is 1. The molecule has 0 aliphatic heterocycles. The van der Waals surface area contributed by atoms with Crippen molar-refractivity contribution in [2.24, 2.45) is 0 Å². The molecule has 102 valence electrons. The summed E-state index contributed by atoms with van der Waals surface area (Å²) < 4.78 is 0. The second-order valence-electron chi connectivity index (χ2n) is 4.39. The first-order valence-electron chi connectivity index (χ1n) is 6.77. The molecule has 1 rings (SSSR count). The molecule has 0 N–H and O–H groups in total. The largest absolute Gasteiger partial charge is 0.303 e. The number of thiol groups is 1. The molecule has 0 heterocycles. The highest BCUT2D eigenvalue weighted by molar-refractivity contribution is 7.99. The Labute approximate surface area is 122 Å². The standard InChI is InChI=1S/C15H25NS2/c1-3-16(4-2)10-11-18-13-15(12-17)14-8-6-5-7-9-14/h5-9,15,17H,3-4,10-13H2,1-2H3. The molecule has 0 radical (unpaired) electrons. The van der Waals surface area contributed by atoms with Gasteiger partial charge >= 0.3 is 0 Å². The summed E-state index contributed by atoms with van der Waals surface area (Å²) in [6, 6.07) is 10.7.